The molecule has 0 spiro atoms. The second-order valence-corrected chi connectivity index (χ2v) is 7.87. The maximum atomic E-state index is 12.5. The van der Waals surface area contributed by atoms with Gasteiger partial charge >= 0.3 is 5.69 Å². The lowest BCUT2D eigenvalue weighted by atomic mass is 10.2. The highest BCUT2D eigenvalue weighted by Crippen LogP contribution is 2.28. The van der Waals surface area contributed by atoms with Crippen molar-refractivity contribution in [2.24, 2.45) is 0 Å². The zero-order valence-electron chi connectivity index (χ0n) is 15.0. The first-order valence-electron chi connectivity index (χ1n) is 8.56. The molecule has 1 saturated heterocycles. The Labute approximate surface area is 165 Å². The molecule has 0 bridgehead atoms. The smallest absolute Gasteiger partial charge is 0.344 e. The van der Waals surface area contributed by atoms with Crippen molar-refractivity contribution in [3.63, 3.8) is 0 Å². The Morgan fingerprint density at radius 1 is 1.59 bits per heavy atom. The molecule has 0 unspecified atom stereocenters. The molecular formula is C17H21ClN4O4S. The topological polar surface area (TPSA) is 98.2 Å². The van der Waals surface area contributed by atoms with E-state index in [0.29, 0.717) is 34.8 Å². The molecular weight excluding hydrogens is 392 g/mol. The molecule has 146 valence electrons. The molecule has 3 rings (SSSR count). The second kappa shape index (κ2) is 8.81. The largest absolute Gasteiger partial charge is 0.495 e. The Morgan fingerprint density at radius 2 is 2.41 bits per heavy atom. The van der Waals surface area contributed by atoms with E-state index in [4.69, 9.17) is 21.1 Å². The number of ether oxygens (including phenoxy) is 2. The van der Waals surface area contributed by atoms with Crippen LogP contribution in [0.4, 0.5) is 5.69 Å². The van der Waals surface area contributed by atoms with Crippen LogP contribution in [0.25, 0.3) is 0 Å². The van der Waals surface area contributed by atoms with Gasteiger partial charge in [0.15, 0.2) is 5.16 Å². The van der Waals surface area contributed by atoms with E-state index in [1.54, 1.807) is 25.1 Å². The Kier molecular flexibility index (Phi) is 6.46. The minimum Gasteiger partial charge on any atom is -0.495 e. The number of hydrogen-bond acceptors (Lipinski definition) is 6. The van der Waals surface area contributed by atoms with Gasteiger partial charge in [0.1, 0.15) is 5.75 Å². The number of nitrogens with zero attached hydrogens (tertiary/aromatic N) is 2. The highest BCUT2D eigenvalue weighted by molar-refractivity contribution is 8.00. The van der Waals surface area contributed by atoms with Crippen LogP contribution >= 0.6 is 23.4 Å². The van der Waals surface area contributed by atoms with E-state index in [-0.39, 0.29) is 17.7 Å². The molecule has 10 heteroatoms. The van der Waals surface area contributed by atoms with Crippen LogP contribution in [0.2, 0.25) is 5.02 Å². The third kappa shape index (κ3) is 4.85. The van der Waals surface area contributed by atoms with E-state index in [1.165, 1.54) is 23.4 Å². The number of anilines is 1. The predicted octanol–water partition coefficient (Wildman–Crippen LogP) is 2.53. The van der Waals surface area contributed by atoms with Crippen molar-refractivity contribution >= 4 is 35.0 Å². The number of carbonyl (C=O) groups is 1. The Hall–Kier alpha value is -1.97. The number of aromatic amines is 1. The van der Waals surface area contributed by atoms with Gasteiger partial charge in [-0.25, -0.2) is 9.89 Å². The summed E-state index contributed by atoms with van der Waals surface area (Å²) < 4.78 is 12.2. The van der Waals surface area contributed by atoms with Gasteiger partial charge in [0.25, 0.3) is 0 Å². The predicted molar refractivity (Wildman–Crippen MR) is 104 cm³/mol. The minimum atomic E-state index is -0.468. The van der Waals surface area contributed by atoms with Crippen LogP contribution in [-0.4, -0.2) is 45.7 Å². The number of thioether (sulfide) groups is 1. The summed E-state index contributed by atoms with van der Waals surface area (Å²) in [5, 5.41) is 9.69. The zero-order chi connectivity index (χ0) is 19.4. The van der Waals surface area contributed by atoms with Crippen LogP contribution < -0.4 is 15.7 Å². The fourth-order valence-corrected chi connectivity index (χ4v) is 3.87. The van der Waals surface area contributed by atoms with E-state index < -0.39 is 5.25 Å². The van der Waals surface area contributed by atoms with Crippen LogP contribution in [0.15, 0.2) is 28.2 Å². The molecule has 1 aromatic carbocycles. The first-order chi connectivity index (χ1) is 13.0. The average molecular weight is 413 g/mol. The molecule has 1 aliphatic heterocycles. The van der Waals surface area contributed by atoms with Gasteiger partial charge in [-0.15, -0.1) is 5.10 Å². The number of halogens is 1. The number of carbonyl (C=O) groups excluding carboxylic acids is 1. The molecule has 1 amide bonds. The summed E-state index contributed by atoms with van der Waals surface area (Å²) in [6, 6.07) is 5.02. The van der Waals surface area contributed by atoms with Crippen LogP contribution in [-0.2, 0) is 16.1 Å². The molecule has 1 fully saturated rings. The molecule has 27 heavy (non-hydrogen) atoms. The fourth-order valence-electron chi connectivity index (χ4n) is 2.75. The molecule has 2 atom stereocenters. The SMILES string of the molecule is COc1ccc(NC(=O)[C@@H](C)Sc2n[nH]c(=O)n2C[C@H]2CCCO2)cc1Cl. The third-order valence-corrected chi connectivity index (χ3v) is 5.59. The van der Waals surface area contributed by atoms with E-state index in [9.17, 15) is 9.59 Å². The Morgan fingerprint density at radius 3 is 3.07 bits per heavy atom. The maximum Gasteiger partial charge on any atom is 0.344 e. The van der Waals surface area contributed by atoms with Crippen LogP contribution in [0.3, 0.4) is 0 Å². The van der Waals surface area contributed by atoms with Crippen molar-refractivity contribution in [2.75, 3.05) is 19.0 Å². The van der Waals surface area contributed by atoms with Gasteiger partial charge in [-0.3, -0.25) is 9.36 Å². The summed E-state index contributed by atoms with van der Waals surface area (Å²) in [5.74, 6) is 0.312. The second-order valence-electron chi connectivity index (χ2n) is 6.16. The highest BCUT2D eigenvalue weighted by Gasteiger charge is 2.23. The van der Waals surface area contributed by atoms with Crippen molar-refractivity contribution in [3.8, 4) is 5.75 Å². The van der Waals surface area contributed by atoms with Gasteiger partial charge in [0.05, 0.1) is 30.0 Å². The summed E-state index contributed by atoms with van der Waals surface area (Å²) in [6.45, 7) is 2.89. The first-order valence-corrected chi connectivity index (χ1v) is 9.81. The van der Waals surface area contributed by atoms with Gasteiger partial charge in [0, 0.05) is 12.3 Å². The Balaban J connectivity index is 1.64. The number of benzene rings is 1. The summed E-state index contributed by atoms with van der Waals surface area (Å²) >= 11 is 7.29. The van der Waals surface area contributed by atoms with Crippen LogP contribution in [0.5, 0.6) is 5.75 Å². The monoisotopic (exact) mass is 412 g/mol. The van der Waals surface area contributed by atoms with Crippen LogP contribution in [0.1, 0.15) is 19.8 Å². The van der Waals surface area contributed by atoms with E-state index in [1.807, 2.05) is 0 Å². The molecule has 8 nitrogen and oxygen atoms in total. The molecule has 0 saturated carbocycles. The highest BCUT2D eigenvalue weighted by atomic mass is 35.5. The molecule has 0 radical (unpaired) electrons. The minimum absolute atomic E-state index is 0.00484. The standard InChI is InChI=1S/C17H21ClN4O4S/c1-10(15(23)19-11-5-6-14(25-2)13(18)8-11)27-17-21-20-16(24)22(17)9-12-4-3-7-26-12/h5-6,8,10,12H,3-4,7,9H2,1-2H3,(H,19,23)(H,20,24)/t10-,12-/m1/s1. The summed E-state index contributed by atoms with van der Waals surface area (Å²) in [6.07, 6.45) is 1.91. The number of aromatic nitrogens is 3. The molecule has 2 heterocycles. The number of hydrogen-bond donors (Lipinski definition) is 2. The van der Waals surface area contributed by atoms with Crippen molar-refractivity contribution in [1.29, 1.82) is 0 Å². The number of H-pyrrole nitrogens is 1. The third-order valence-electron chi connectivity index (χ3n) is 4.20. The number of rotatable bonds is 7. The van der Waals surface area contributed by atoms with Crippen molar-refractivity contribution in [1.82, 2.24) is 14.8 Å². The van der Waals surface area contributed by atoms with Gasteiger partial charge in [-0.1, -0.05) is 23.4 Å². The van der Waals surface area contributed by atoms with Crippen molar-refractivity contribution < 1.29 is 14.3 Å². The first kappa shape index (κ1) is 19.8. The van der Waals surface area contributed by atoms with Gasteiger partial charge in [-0.05, 0) is 38.0 Å². The summed E-state index contributed by atoms with van der Waals surface area (Å²) in [7, 11) is 1.53. The van der Waals surface area contributed by atoms with E-state index in [0.717, 1.165) is 12.8 Å². The zero-order valence-corrected chi connectivity index (χ0v) is 16.6. The molecule has 2 aromatic rings. The van der Waals surface area contributed by atoms with Gasteiger partial charge in [0.2, 0.25) is 5.91 Å². The van der Waals surface area contributed by atoms with Crippen molar-refractivity contribution in [2.45, 2.75) is 42.8 Å². The Bertz CT molecular complexity index is 863. The molecule has 0 aliphatic carbocycles. The molecule has 1 aromatic heterocycles. The van der Waals surface area contributed by atoms with Crippen molar-refractivity contribution in [3.05, 3.63) is 33.7 Å². The van der Waals surface area contributed by atoms with Gasteiger partial charge < -0.3 is 14.8 Å². The average Bonchev–Trinajstić information content (AvgIpc) is 3.27. The lowest BCUT2D eigenvalue weighted by molar-refractivity contribution is -0.115. The number of amides is 1. The summed E-state index contributed by atoms with van der Waals surface area (Å²) in [4.78, 5) is 24.5. The van der Waals surface area contributed by atoms with Gasteiger partial charge in [-0.2, -0.15) is 0 Å². The number of nitrogens with one attached hydrogen (secondary N) is 2. The lowest BCUT2D eigenvalue weighted by Crippen LogP contribution is -2.26. The van der Waals surface area contributed by atoms with Crippen LogP contribution in [0, 0.1) is 0 Å². The van der Waals surface area contributed by atoms with E-state index in [2.05, 4.69) is 15.5 Å². The summed E-state index contributed by atoms with van der Waals surface area (Å²) in [5.41, 5.74) is 0.263. The molecule has 1 aliphatic rings. The quantitative estimate of drug-likeness (QED) is 0.678. The lowest BCUT2D eigenvalue weighted by Gasteiger charge is -2.14. The fraction of sp³-hybridized carbons (Fsp3) is 0.471. The normalized spacial score (nSPS) is 17.7. The molecule has 2 N–H and O–H groups in total. The number of methoxy groups -OCH3 is 1. The van der Waals surface area contributed by atoms with E-state index >= 15 is 0 Å². The maximum absolute atomic E-state index is 12.5.